The van der Waals surface area contributed by atoms with Crippen molar-refractivity contribution in [3.8, 4) is 11.1 Å². The third-order valence-corrected chi connectivity index (χ3v) is 3.08. The van der Waals surface area contributed by atoms with Gasteiger partial charge in [0, 0.05) is 0 Å². The highest BCUT2D eigenvalue weighted by Crippen LogP contribution is 2.32. The molecule has 0 amide bonds. The van der Waals surface area contributed by atoms with E-state index in [4.69, 9.17) is 10.2 Å². The molecule has 1 aromatic carbocycles. The molecule has 2 aliphatic rings. The monoisotopic (exact) mass is 270 g/mol. The minimum absolute atomic E-state index is 0.000370. The van der Waals surface area contributed by atoms with Crippen LogP contribution in [-0.2, 0) is 6.42 Å². The number of hydrogen-bond donors (Lipinski definition) is 2. The zero-order valence-corrected chi connectivity index (χ0v) is 11.0. The Bertz CT molecular complexity index is 657. The van der Waals surface area contributed by atoms with E-state index in [1.165, 1.54) is 29.3 Å². The fraction of sp³-hybridized carbons (Fsp3) is 0.125. The summed E-state index contributed by atoms with van der Waals surface area (Å²) < 4.78 is 0. The highest BCUT2D eigenvalue weighted by atomic mass is 16.4. The molecule has 2 N–H and O–H groups in total. The average Bonchev–Trinajstić information content (AvgIpc) is 3.04. The van der Waals surface area contributed by atoms with E-state index >= 15 is 0 Å². The summed E-state index contributed by atoms with van der Waals surface area (Å²) in [4.78, 5) is 21.3. The Hall–Kier alpha value is -2.62. The maximum atomic E-state index is 10.8. The van der Waals surface area contributed by atoms with Gasteiger partial charge in [0.15, 0.2) is 0 Å². The molecule has 0 saturated heterocycles. The van der Waals surface area contributed by atoms with E-state index in [0.717, 1.165) is 0 Å². The Kier molecular flexibility index (Phi) is 3.84. The second kappa shape index (κ2) is 5.57. The van der Waals surface area contributed by atoms with Gasteiger partial charge >= 0.3 is 11.9 Å². The molecule has 0 bridgehead atoms. The molecule has 1 aromatic rings. The van der Waals surface area contributed by atoms with Crippen LogP contribution in [0.2, 0.25) is 0 Å². The average molecular weight is 270 g/mol. The van der Waals surface area contributed by atoms with Gasteiger partial charge in [-0.05, 0) is 41.3 Å². The van der Waals surface area contributed by atoms with E-state index < -0.39 is 11.9 Å². The Morgan fingerprint density at radius 3 is 1.95 bits per heavy atom. The number of aromatic carboxylic acids is 2. The Morgan fingerprint density at radius 2 is 1.60 bits per heavy atom. The second-order valence-electron chi connectivity index (χ2n) is 4.42. The van der Waals surface area contributed by atoms with Gasteiger partial charge in [-0.15, -0.1) is 0 Å². The summed E-state index contributed by atoms with van der Waals surface area (Å²) in [5.41, 5.74) is 3.56. The molecule has 0 radical (unpaired) electrons. The van der Waals surface area contributed by atoms with Crippen LogP contribution < -0.4 is 0 Å². The highest BCUT2D eigenvalue weighted by molar-refractivity contribution is 5.94. The van der Waals surface area contributed by atoms with Gasteiger partial charge in [-0.3, -0.25) is 0 Å². The first-order valence-electron chi connectivity index (χ1n) is 6.23. The first-order chi connectivity index (χ1) is 9.52. The molecule has 4 nitrogen and oxygen atoms in total. The lowest BCUT2D eigenvalue weighted by Crippen LogP contribution is -2.05. The van der Waals surface area contributed by atoms with E-state index in [2.05, 4.69) is 24.3 Å². The minimum Gasteiger partial charge on any atom is -0.478 e. The van der Waals surface area contributed by atoms with Crippen molar-refractivity contribution in [1.29, 1.82) is 0 Å². The molecular weight excluding hydrogens is 256 g/mol. The van der Waals surface area contributed by atoms with Gasteiger partial charge in [-0.25, -0.2) is 9.59 Å². The molecule has 4 heteroatoms. The SMILES string of the molecule is CCc1ccc(C(=O)O)cc1C(=O)O.c1cc2cc-2c1. The van der Waals surface area contributed by atoms with Gasteiger partial charge in [0.25, 0.3) is 0 Å². The summed E-state index contributed by atoms with van der Waals surface area (Å²) in [5, 5.41) is 17.5. The van der Waals surface area contributed by atoms with Crippen molar-refractivity contribution < 1.29 is 19.8 Å². The molecule has 0 spiro atoms. The van der Waals surface area contributed by atoms with Crippen molar-refractivity contribution in [2.75, 3.05) is 0 Å². The Morgan fingerprint density at radius 1 is 0.950 bits per heavy atom. The van der Waals surface area contributed by atoms with Crippen molar-refractivity contribution in [1.82, 2.24) is 0 Å². The van der Waals surface area contributed by atoms with Gasteiger partial charge in [-0.2, -0.15) is 0 Å². The maximum Gasteiger partial charge on any atom is 0.335 e. The fourth-order valence-electron chi connectivity index (χ4n) is 1.89. The normalized spacial score (nSPS) is 10.2. The number of benzene rings is 2. The van der Waals surface area contributed by atoms with Crippen LogP contribution in [0.5, 0.6) is 0 Å². The van der Waals surface area contributed by atoms with Crippen LogP contribution in [0, 0.1) is 0 Å². The van der Waals surface area contributed by atoms with Crippen LogP contribution in [0.3, 0.4) is 0 Å². The lowest BCUT2D eigenvalue weighted by molar-refractivity contribution is 0.0695. The summed E-state index contributed by atoms with van der Waals surface area (Å²) in [5.74, 6) is -2.21. The van der Waals surface area contributed by atoms with Gasteiger partial charge in [0.2, 0.25) is 0 Å². The first-order valence-corrected chi connectivity index (χ1v) is 6.23. The van der Waals surface area contributed by atoms with Crippen molar-refractivity contribution in [3.05, 3.63) is 59.2 Å². The van der Waals surface area contributed by atoms with E-state index in [-0.39, 0.29) is 11.1 Å². The Labute approximate surface area is 116 Å². The van der Waals surface area contributed by atoms with Gasteiger partial charge in [-0.1, -0.05) is 31.2 Å². The standard InChI is InChI=1S/C10H10O4.C6H4/c1-2-6-3-4-7(9(11)12)5-8(6)10(13)14;1-2-5-4-6(5)3-1/h3-5H,2H2,1H3,(H,11,12)(H,13,14);1-4H. The van der Waals surface area contributed by atoms with Crippen LogP contribution in [0.15, 0.2) is 42.5 Å². The predicted molar refractivity (Wildman–Crippen MR) is 75.2 cm³/mol. The van der Waals surface area contributed by atoms with Crippen molar-refractivity contribution in [2.24, 2.45) is 0 Å². The third-order valence-electron chi connectivity index (χ3n) is 3.08. The maximum absolute atomic E-state index is 10.8. The Balaban J connectivity index is 0.000000198. The number of carboxylic acids is 2. The van der Waals surface area contributed by atoms with E-state index in [1.54, 1.807) is 0 Å². The smallest absolute Gasteiger partial charge is 0.335 e. The molecular formula is C16H14O4. The van der Waals surface area contributed by atoms with Crippen molar-refractivity contribution in [3.63, 3.8) is 0 Å². The molecule has 102 valence electrons. The summed E-state index contributed by atoms with van der Waals surface area (Å²) in [6.45, 7) is 1.82. The lowest BCUT2D eigenvalue weighted by atomic mass is 10.0. The molecule has 20 heavy (non-hydrogen) atoms. The third kappa shape index (κ3) is 3.03. The second-order valence-corrected chi connectivity index (χ2v) is 4.42. The summed E-state index contributed by atoms with van der Waals surface area (Å²) in [6.07, 6.45) is 0.571. The molecule has 0 heterocycles. The quantitative estimate of drug-likeness (QED) is 0.765. The first kappa shape index (κ1) is 13.8. The number of hydrogen-bond acceptors (Lipinski definition) is 2. The molecule has 0 atom stereocenters. The molecule has 2 aliphatic carbocycles. The predicted octanol–water partition coefficient (Wildman–Crippen LogP) is 3.31. The fourth-order valence-corrected chi connectivity index (χ4v) is 1.89. The van der Waals surface area contributed by atoms with Crippen LogP contribution in [0.25, 0.3) is 11.1 Å². The van der Waals surface area contributed by atoms with Crippen LogP contribution in [0.4, 0.5) is 0 Å². The topological polar surface area (TPSA) is 74.6 Å². The summed E-state index contributed by atoms with van der Waals surface area (Å²) >= 11 is 0. The van der Waals surface area contributed by atoms with Crippen molar-refractivity contribution >= 4 is 11.9 Å². The molecule has 0 saturated carbocycles. The number of carboxylic acid groups (broad SMARTS) is 2. The molecule has 0 unspecified atom stereocenters. The number of rotatable bonds is 3. The molecule has 3 rings (SSSR count). The lowest BCUT2D eigenvalue weighted by Gasteiger charge is -2.03. The minimum atomic E-state index is -1.12. The van der Waals surface area contributed by atoms with Crippen LogP contribution >= 0.6 is 0 Å². The molecule has 0 aliphatic heterocycles. The van der Waals surface area contributed by atoms with Gasteiger partial charge < -0.3 is 10.2 Å². The van der Waals surface area contributed by atoms with E-state index in [1.807, 2.05) is 6.92 Å². The number of carbonyl (C=O) groups is 2. The molecule has 0 fully saturated rings. The van der Waals surface area contributed by atoms with Crippen molar-refractivity contribution in [2.45, 2.75) is 13.3 Å². The largest absolute Gasteiger partial charge is 0.478 e. The van der Waals surface area contributed by atoms with Gasteiger partial charge in [0.1, 0.15) is 0 Å². The number of aryl methyl sites for hydroxylation is 1. The summed E-state index contributed by atoms with van der Waals surface area (Å²) in [6, 6.07) is 12.6. The van der Waals surface area contributed by atoms with Crippen LogP contribution in [0.1, 0.15) is 33.2 Å². The zero-order chi connectivity index (χ0) is 14.7. The van der Waals surface area contributed by atoms with Crippen LogP contribution in [-0.4, -0.2) is 22.2 Å². The van der Waals surface area contributed by atoms with Gasteiger partial charge in [0.05, 0.1) is 11.1 Å². The van der Waals surface area contributed by atoms with E-state index in [0.29, 0.717) is 12.0 Å². The molecule has 0 aromatic heterocycles. The van der Waals surface area contributed by atoms with E-state index in [9.17, 15) is 9.59 Å². The zero-order valence-electron chi connectivity index (χ0n) is 11.0. The highest BCUT2D eigenvalue weighted by Gasteiger charge is 2.12. The number of fused-ring (bicyclic) bond motifs is 1. The summed E-state index contributed by atoms with van der Waals surface area (Å²) in [7, 11) is 0.